The van der Waals surface area contributed by atoms with Gasteiger partial charge in [0.25, 0.3) is 20.0 Å². The van der Waals surface area contributed by atoms with Gasteiger partial charge >= 0.3 is 0 Å². The maximum Gasteiger partial charge on any atom is 0.263 e. The van der Waals surface area contributed by atoms with Gasteiger partial charge in [0.1, 0.15) is 11.9 Å². The van der Waals surface area contributed by atoms with Crippen molar-refractivity contribution >= 4 is 81.2 Å². The number of nitrogen functional groups attached to an aromatic ring is 1. The molecular weight excluding hydrogens is 818 g/mol. The summed E-state index contributed by atoms with van der Waals surface area (Å²) in [7, 11) is -7.33. The fourth-order valence-electron chi connectivity index (χ4n) is 5.83. The number of amides is 1. The molecule has 8 rings (SSSR count). The summed E-state index contributed by atoms with van der Waals surface area (Å²) < 4.78 is 70.1. The number of aromatic nitrogens is 3. The molecule has 0 aliphatic carbocycles. The normalized spacial score (nSPS) is 12.0. The fraction of sp³-hybridized carbons (Fsp3) is 0.0488. The van der Waals surface area contributed by atoms with Crippen LogP contribution < -0.4 is 20.5 Å². The summed E-state index contributed by atoms with van der Waals surface area (Å²) in [6, 6.07) is 33.8. The molecule has 0 radical (unpaired) electrons. The van der Waals surface area contributed by atoms with E-state index in [1.54, 1.807) is 101 Å². The number of carbonyl (C=O) groups is 1. The Morgan fingerprint density at radius 2 is 1.14 bits per heavy atom. The molecule has 0 aliphatic heterocycles. The maximum absolute atomic E-state index is 14.0. The first-order valence-corrected chi connectivity index (χ1v) is 22.2. The molecule has 8 aromatic rings. The van der Waals surface area contributed by atoms with Crippen molar-refractivity contribution in [3.05, 3.63) is 156 Å². The average Bonchev–Trinajstić information content (AvgIpc) is 4.02. The van der Waals surface area contributed by atoms with Gasteiger partial charge in [-0.1, -0.05) is 54.6 Å². The van der Waals surface area contributed by atoms with Crippen molar-refractivity contribution in [2.45, 2.75) is 22.8 Å². The molecule has 3 heterocycles. The third kappa shape index (κ3) is 9.24. The van der Waals surface area contributed by atoms with Gasteiger partial charge in [-0.05, 0) is 95.9 Å². The van der Waals surface area contributed by atoms with Crippen LogP contribution in [0.15, 0.2) is 160 Å². The highest BCUT2D eigenvalue weighted by Crippen LogP contribution is 2.28. The minimum Gasteiger partial charge on any atom is -0.399 e. The number of rotatable bonds is 11. The summed E-state index contributed by atoms with van der Waals surface area (Å²) in [4.78, 5) is 21.0. The monoisotopic (exact) mass is 851 g/mol. The molecule has 0 fully saturated rings. The van der Waals surface area contributed by atoms with Crippen molar-refractivity contribution in [1.29, 1.82) is 0 Å². The van der Waals surface area contributed by atoms with Crippen LogP contribution in [0.5, 0.6) is 0 Å². The van der Waals surface area contributed by atoms with Crippen molar-refractivity contribution in [1.82, 2.24) is 14.5 Å². The minimum absolute atomic E-state index is 0.136. The van der Waals surface area contributed by atoms with E-state index in [2.05, 4.69) is 24.7 Å². The van der Waals surface area contributed by atoms with Gasteiger partial charge < -0.3 is 15.6 Å². The quantitative estimate of drug-likeness (QED) is 0.0931. The highest BCUT2D eigenvalue weighted by molar-refractivity contribution is 7.93. The van der Waals surface area contributed by atoms with Crippen LogP contribution in [0.25, 0.3) is 33.2 Å². The minimum atomic E-state index is -3.72. The molecule has 12 nitrogen and oxygen atoms in total. The van der Waals surface area contributed by atoms with Crippen LogP contribution in [0, 0.1) is 5.82 Å². The highest BCUT2D eigenvalue weighted by Gasteiger charge is 2.19. The molecule has 0 spiro atoms. The lowest BCUT2D eigenvalue weighted by Gasteiger charge is -2.16. The molecule has 17 heteroatoms. The summed E-state index contributed by atoms with van der Waals surface area (Å²) in [6.07, 6.45) is 4.78. The number of carbonyl (C=O) groups excluding carboxylic acids is 1. The number of hydrogen-bond donors (Lipinski definition) is 4. The number of nitrogens with zero attached hydrogens (tertiary/aromatic N) is 3. The van der Waals surface area contributed by atoms with E-state index in [-0.39, 0.29) is 21.5 Å². The van der Waals surface area contributed by atoms with Gasteiger partial charge in [-0.25, -0.2) is 31.2 Å². The van der Waals surface area contributed by atoms with E-state index in [4.69, 9.17) is 5.73 Å². The summed E-state index contributed by atoms with van der Waals surface area (Å²) in [5.41, 5.74) is 11.2. The maximum atomic E-state index is 14.0. The fourth-order valence-corrected chi connectivity index (χ4v) is 9.41. The summed E-state index contributed by atoms with van der Waals surface area (Å²) in [5, 5.41) is 7.42. The first-order valence-electron chi connectivity index (χ1n) is 17.4. The number of halogens is 1. The number of sulfonamides is 2. The van der Waals surface area contributed by atoms with Crippen LogP contribution in [0.3, 0.4) is 0 Å². The standard InChI is InChI=1S/C26H21FN4O3S2.C15H13N3O2S2/c1-17(31-15-13-22-23(27)3-2-4-24(22)31)25(32)29-20-9-5-18(6-10-20)19-7-11-21(12-8-19)36(33,34)30-26-28-14-16-35-26;16-13-5-1-11(2-6-13)12-3-7-14(8-4-12)22(19,20)18-15-17-9-10-21-15/h2-17H,1H3,(H,28,30)(H,29,32);1-10H,16H2,(H,17,18)/t17-;/m0./s1. The van der Waals surface area contributed by atoms with Gasteiger partial charge in [-0.15, -0.1) is 22.7 Å². The van der Waals surface area contributed by atoms with E-state index < -0.39 is 26.1 Å². The lowest BCUT2D eigenvalue weighted by molar-refractivity contribution is -0.118. The zero-order valence-corrected chi connectivity index (χ0v) is 33.7. The Morgan fingerprint density at radius 1 is 0.672 bits per heavy atom. The molecule has 1 amide bonds. The Balaban J connectivity index is 0.000000199. The second-order valence-electron chi connectivity index (χ2n) is 12.7. The molecule has 0 unspecified atom stereocenters. The zero-order chi connectivity index (χ0) is 40.9. The number of nitrogens with one attached hydrogen (secondary N) is 3. The van der Waals surface area contributed by atoms with E-state index in [9.17, 15) is 26.0 Å². The van der Waals surface area contributed by atoms with Crippen molar-refractivity contribution in [3.8, 4) is 22.3 Å². The number of fused-ring (bicyclic) bond motifs is 1. The van der Waals surface area contributed by atoms with Crippen LogP contribution in [0.4, 0.5) is 26.0 Å². The van der Waals surface area contributed by atoms with Crippen LogP contribution in [-0.2, 0) is 24.8 Å². The molecule has 3 aromatic heterocycles. The number of hydrogen-bond acceptors (Lipinski definition) is 10. The van der Waals surface area contributed by atoms with Gasteiger partial charge in [0.2, 0.25) is 5.91 Å². The zero-order valence-electron chi connectivity index (χ0n) is 30.5. The molecule has 0 saturated carbocycles. The second kappa shape index (κ2) is 17.0. The van der Waals surface area contributed by atoms with Crippen molar-refractivity contribution < 1.29 is 26.0 Å². The molecule has 0 aliphatic rings. The van der Waals surface area contributed by atoms with E-state index >= 15 is 0 Å². The predicted octanol–water partition coefficient (Wildman–Crippen LogP) is 9.10. The third-order valence-corrected chi connectivity index (χ3v) is 13.2. The number of anilines is 4. The molecule has 1 atom stereocenters. The largest absolute Gasteiger partial charge is 0.399 e. The van der Waals surface area contributed by atoms with Gasteiger partial charge in [-0.3, -0.25) is 14.2 Å². The third-order valence-electron chi connectivity index (χ3n) is 8.87. The first kappa shape index (κ1) is 39.8. The van der Waals surface area contributed by atoms with Crippen molar-refractivity contribution in [3.63, 3.8) is 0 Å². The van der Waals surface area contributed by atoms with E-state index in [0.717, 1.165) is 22.3 Å². The van der Waals surface area contributed by atoms with Gasteiger partial charge in [0.05, 0.1) is 15.3 Å². The van der Waals surface area contributed by atoms with Crippen molar-refractivity contribution in [2.75, 3.05) is 20.5 Å². The molecule has 294 valence electrons. The Hall–Kier alpha value is -6.40. The van der Waals surface area contributed by atoms with E-state index in [0.29, 0.717) is 32.5 Å². The Kier molecular flexibility index (Phi) is 11.7. The topological polar surface area (TPSA) is 178 Å². The predicted molar refractivity (Wildman–Crippen MR) is 229 cm³/mol. The number of thiazole rings is 2. The molecule has 58 heavy (non-hydrogen) atoms. The van der Waals surface area contributed by atoms with Crippen LogP contribution in [0.2, 0.25) is 0 Å². The first-order chi connectivity index (χ1) is 27.9. The Morgan fingerprint density at radius 3 is 1.60 bits per heavy atom. The molecule has 5 aromatic carbocycles. The SMILES string of the molecule is C[C@@H](C(=O)Nc1ccc(-c2ccc(S(=O)(=O)Nc3nccs3)cc2)cc1)n1ccc2c(F)cccc21.Nc1ccc(-c2ccc(S(=O)(=O)Nc3nccs3)cc2)cc1. The van der Waals surface area contributed by atoms with Gasteiger partial charge in [0.15, 0.2) is 10.3 Å². The molecule has 5 N–H and O–H groups in total. The lowest BCUT2D eigenvalue weighted by atomic mass is 10.1. The molecule has 0 bridgehead atoms. The van der Waals surface area contributed by atoms with Crippen LogP contribution >= 0.6 is 22.7 Å². The van der Waals surface area contributed by atoms with E-state index in [1.165, 1.54) is 47.1 Å². The van der Waals surface area contributed by atoms with Gasteiger partial charge in [-0.2, -0.15) is 0 Å². The summed E-state index contributed by atoms with van der Waals surface area (Å²) in [5.74, 6) is -0.553. The number of nitrogens with two attached hydrogens (primary N) is 1. The second-order valence-corrected chi connectivity index (χ2v) is 17.8. The highest BCUT2D eigenvalue weighted by atomic mass is 32.2. The molecular formula is C41H34FN7O5S4. The van der Waals surface area contributed by atoms with Crippen LogP contribution in [-0.4, -0.2) is 37.3 Å². The lowest BCUT2D eigenvalue weighted by Crippen LogP contribution is -2.23. The number of benzene rings is 5. The van der Waals surface area contributed by atoms with Crippen LogP contribution in [0.1, 0.15) is 13.0 Å². The Labute approximate surface area is 342 Å². The average molecular weight is 852 g/mol. The Bertz CT molecular complexity index is 2870. The van der Waals surface area contributed by atoms with Gasteiger partial charge in [0, 0.05) is 46.1 Å². The summed E-state index contributed by atoms with van der Waals surface area (Å²) >= 11 is 2.44. The van der Waals surface area contributed by atoms with E-state index in [1.807, 2.05) is 36.4 Å². The molecule has 0 saturated heterocycles. The smallest absolute Gasteiger partial charge is 0.263 e. The van der Waals surface area contributed by atoms with Crippen molar-refractivity contribution in [2.24, 2.45) is 0 Å². The summed E-state index contributed by atoms with van der Waals surface area (Å²) in [6.45, 7) is 1.76.